The maximum absolute atomic E-state index is 13.4. The normalized spacial score (nSPS) is 11.1. The van der Waals surface area contributed by atoms with Crippen LogP contribution in [0.5, 0.6) is 0 Å². The van der Waals surface area contributed by atoms with Crippen molar-refractivity contribution in [1.29, 1.82) is 5.26 Å². The molecule has 0 radical (unpaired) electrons. The zero-order valence-electron chi connectivity index (χ0n) is 7.17. The molecule has 0 aliphatic carbocycles. The first-order valence-corrected chi connectivity index (χ1v) is 6.47. The zero-order valence-corrected chi connectivity index (χ0v) is 9.50. The van der Waals surface area contributed by atoms with E-state index < -0.39 is 25.3 Å². The molecule has 0 spiro atoms. The highest BCUT2D eigenvalue weighted by atomic mass is 35.7. The number of hydrogen-bond donors (Lipinski definition) is 0. The van der Waals surface area contributed by atoms with Gasteiger partial charge in [-0.1, -0.05) is 0 Å². The molecule has 0 amide bonds. The summed E-state index contributed by atoms with van der Waals surface area (Å²) >= 11 is 5.46. The molecule has 0 saturated heterocycles. The monoisotopic (exact) mass is 267 g/mol. The Balaban J connectivity index is 3.61. The van der Waals surface area contributed by atoms with E-state index in [2.05, 4.69) is 0 Å². The van der Waals surface area contributed by atoms with Gasteiger partial charge in [-0.2, -0.15) is 5.26 Å². The van der Waals surface area contributed by atoms with Gasteiger partial charge in [0.1, 0.15) is 11.0 Å². The number of benzene rings is 1. The third-order valence-electron chi connectivity index (χ3n) is 1.64. The molecule has 0 fully saturated rings. The lowest BCUT2D eigenvalue weighted by Gasteiger charge is -2.03. The Morgan fingerprint density at radius 1 is 1.47 bits per heavy atom. The van der Waals surface area contributed by atoms with Crippen LogP contribution in [0.15, 0.2) is 17.0 Å². The van der Waals surface area contributed by atoms with E-state index in [1.807, 2.05) is 0 Å². The zero-order chi connectivity index (χ0) is 11.6. The van der Waals surface area contributed by atoms with E-state index in [-0.39, 0.29) is 5.88 Å². The fourth-order valence-corrected chi connectivity index (χ4v) is 2.10. The van der Waals surface area contributed by atoms with Crippen LogP contribution in [0, 0.1) is 17.1 Å². The highest BCUT2D eigenvalue weighted by Crippen LogP contribution is 2.24. The molecule has 0 unspecified atom stereocenters. The van der Waals surface area contributed by atoms with Crippen molar-refractivity contribution in [3.8, 4) is 6.07 Å². The number of hydrogen-bond acceptors (Lipinski definition) is 3. The van der Waals surface area contributed by atoms with Crippen LogP contribution < -0.4 is 0 Å². The molecule has 0 heterocycles. The molecule has 0 N–H and O–H groups in total. The van der Waals surface area contributed by atoms with Gasteiger partial charge < -0.3 is 0 Å². The first-order chi connectivity index (χ1) is 6.90. The molecule has 0 aromatic heterocycles. The third-order valence-corrected chi connectivity index (χ3v) is 3.27. The molecule has 1 aromatic carbocycles. The molecule has 15 heavy (non-hydrogen) atoms. The van der Waals surface area contributed by atoms with E-state index in [9.17, 15) is 12.8 Å². The van der Waals surface area contributed by atoms with Gasteiger partial charge in [0.25, 0.3) is 9.05 Å². The van der Waals surface area contributed by atoms with Crippen LogP contribution in [0.1, 0.15) is 11.1 Å². The van der Waals surface area contributed by atoms with Crippen LogP contribution in [0.2, 0.25) is 0 Å². The summed E-state index contributed by atoms with van der Waals surface area (Å²) in [4.78, 5) is -0.723. The van der Waals surface area contributed by atoms with E-state index in [4.69, 9.17) is 27.5 Å². The number of rotatable bonds is 2. The lowest BCUT2D eigenvalue weighted by Crippen LogP contribution is -2.00. The standard InChI is InChI=1S/C8H4Cl2FNO2S/c9-3-5-1-6(4-12)8(11)7(2-5)15(10,13)14/h1-2H,3H2. The fourth-order valence-electron chi connectivity index (χ4n) is 0.991. The highest BCUT2D eigenvalue weighted by Gasteiger charge is 2.20. The van der Waals surface area contributed by atoms with E-state index >= 15 is 0 Å². The Kier molecular flexibility index (Phi) is 3.55. The van der Waals surface area contributed by atoms with Gasteiger partial charge in [0.05, 0.1) is 5.56 Å². The molecule has 0 aliphatic heterocycles. The quantitative estimate of drug-likeness (QED) is 0.611. The van der Waals surface area contributed by atoms with Gasteiger partial charge in [-0.25, -0.2) is 12.8 Å². The van der Waals surface area contributed by atoms with Crippen molar-refractivity contribution in [2.45, 2.75) is 10.8 Å². The lowest BCUT2D eigenvalue weighted by atomic mass is 10.1. The fraction of sp³-hybridized carbons (Fsp3) is 0.125. The largest absolute Gasteiger partial charge is 0.264 e. The van der Waals surface area contributed by atoms with Crippen molar-refractivity contribution < 1.29 is 12.8 Å². The number of nitrogens with zero attached hydrogens (tertiary/aromatic N) is 1. The predicted octanol–water partition coefficient (Wildman–Crippen LogP) is 2.36. The molecule has 1 rings (SSSR count). The van der Waals surface area contributed by atoms with Crippen LogP contribution in [0.3, 0.4) is 0 Å². The number of alkyl halides is 1. The maximum Gasteiger partial charge on any atom is 0.264 e. The van der Waals surface area contributed by atoms with Crippen molar-refractivity contribution in [2.24, 2.45) is 0 Å². The molecule has 0 atom stereocenters. The van der Waals surface area contributed by atoms with Gasteiger partial charge in [0, 0.05) is 16.6 Å². The Bertz CT molecular complexity index is 536. The lowest BCUT2D eigenvalue weighted by molar-refractivity contribution is 0.572. The van der Waals surface area contributed by atoms with Gasteiger partial charge in [0.2, 0.25) is 0 Å². The van der Waals surface area contributed by atoms with Crippen molar-refractivity contribution >= 4 is 31.3 Å². The van der Waals surface area contributed by atoms with Gasteiger partial charge in [-0.05, 0) is 17.7 Å². The molecule has 80 valence electrons. The van der Waals surface area contributed by atoms with E-state index in [0.29, 0.717) is 5.56 Å². The molecule has 0 aliphatic rings. The first-order valence-electron chi connectivity index (χ1n) is 3.63. The van der Waals surface area contributed by atoms with E-state index in [1.54, 1.807) is 0 Å². The molecular formula is C8H4Cl2FNO2S. The summed E-state index contributed by atoms with van der Waals surface area (Å²) in [6.07, 6.45) is 0. The SMILES string of the molecule is N#Cc1cc(CCl)cc(S(=O)(=O)Cl)c1F. The minimum Gasteiger partial charge on any atom is -0.207 e. The highest BCUT2D eigenvalue weighted by molar-refractivity contribution is 8.13. The molecule has 3 nitrogen and oxygen atoms in total. The summed E-state index contributed by atoms with van der Waals surface area (Å²) in [5.41, 5.74) is -0.0822. The Hall–Kier alpha value is -0.830. The topological polar surface area (TPSA) is 57.9 Å². The van der Waals surface area contributed by atoms with Crippen LogP contribution >= 0.6 is 22.3 Å². The number of halogens is 3. The molecular weight excluding hydrogens is 264 g/mol. The van der Waals surface area contributed by atoms with Gasteiger partial charge in [0.15, 0.2) is 5.82 Å². The maximum atomic E-state index is 13.4. The van der Waals surface area contributed by atoms with Crippen LogP contribution in [0.4, 0.5) is 4.39 Å². The predicted molar refractivity (Wildman–Crippen MR) is 53.7 cm³/mol. The third kappa shape index (κ3) is 2.59. The Labute approximate surface area is 95.5 Å². The van der Waals surface area contributed by atoms with Crippen molar-refractivity contribution in [3.63, 3.8) is 0 Å². The Morgan fingerprint density at radius 3 is 2.47 bits per heavy atom. The van der Waals surface area contributed by atoms with Crippen molar-refractivity contribution in [3.05, 3.63) is 29.1 Å². The summed E-state index contributed by atoms with van der Waals surface area (Å²) < 4.78 is 35.3. The average Bonchev–Trinajstić information content (AvgIpc) is 2.16. The second kappa shape index (κ2) is 4.35. The molecule has 7 heteroatoms. The summed E-state index contributed by atoms with van der Waals surface area (Å²) in [6, 6.07) is 3.71. The first kappa shape index (κ1) is 12.2. The summed E-state index contributed by atoms with van der Waals surface area (Å²) in [5.74, 6) is -1.18. The average molecular weight is 268 g/mol. The Morgan fingerprint density at radius 2 is 2.07 bits per heavy atom. The second-order valence-electron chi connectivity index (χ2n) is 2.64. The van der Waals surface area contributed by atoms with Crippen LogP contribution in [-0.4, -0.2) is 8.42 Å². The van der Waals surface area contributed by atoms with Gasteiger partial charge >= 0.3 is 0 Å². The van der Waals surface area contributed by atoms with E-state index in [0.717, 1.165) is 6.07 Å². The van der Waals surface area contributed by atoms with Crippen molar-refractivity contribution in [1.82, 2.24) is 0 Å². The molecule has 0 bridgehead atoms. The minimum atomic E-state index is -4.21. The molecule has 1 aromatic rings. The van der Waals surface area contributed by atoms with Crippen LogP contribution in [-0.2, 0) is 14.9 Å². The summed E-state index contributed by atoms with van der Waals surface area (Å²) in [6.45, 7) is 0. The van der Waals surface area contributed by atoms with Crippen LogP contribution in [0.25, 0.3) is 0 Å². The summed E-state index contributed by atoms with van der Waals surface area (Å²) in [5, 5.41) is 8.56. The van der Waals surface area contributed by atoms with E-state index in [1.165, 1.54) is 12.1 Å². The van der Waals surface area contributed by atoms with Gasteiger partial charge in [-0.15, -0.1) is 11.6 Å². The minimum absolute atomic E-state index is 0.0334. The molecule has 0 saturated carbocycles. The smallest absolute Gasteiger partial charge is 0.207 e. The van der Waals surface area contributed by atoms with Gasteiger partial charge in [-0.3, -0.25) is 0 Å². The summed E-state index contributed by atoms with van der Waals surface area (Å²) in [7, 11) is 0.790. The van der Waals surface area contributed by atoms with Crippen molar-refractivity contribution in [2.75, 3.05) is 0 Å². The number of nitriles is 1. The second-order valence-corrected chi connectivity index (χ2v) is 5.44.